The molecular formula is C18H25F3N2O4. The number of morpholine rings is 1. The van der Waals surface area contributed by atoms with Gasteiger partial charge in [-0.3, -0.25) is 9.88 Å². The largest absolute Gasteiger partial charge is 0.490 e. The highest BCUT2D eigenvalue weighted by Gasteiger charge is 2.46. The lowest BCUT2D eigenvalue weighted by molar-refractivity contribution is -0.192. The Bertz CT molecular complexity index is 600. The van der Waals surface area contributed by atoms with Crippen molar-refractivity contribution in [3.63, 3.8) is 0 Å². The van der Waals surface area contributed by atoms with E-state index >= 15 is 0 Å². The van der Waals surface area contributed by atoms with E-state index < -0.39 is 12.1 Å². The second kappa shape index (κ2) is 9.48. The van der Waals surface area contributed by atoms with Crippen LogP contribution in [-0.4, -0.2) is 66.2 Å². The maximum absolute atomic E-state index is 10.6. The second-order valence-corrected chi connectivity index (χ2v) is 6.79. The lowest BCUT2D eigenvalue weighted by Gasteiger charge is -2.44. The van der Waals surface area contributed by atoms with Crippen LogP contribution in [0.3, 0.4) is 0 Å². The summed E-state index contributed by atoms with van der Waals surface area (Å²) >= 11 is 0. The Morgan fingerprint density at radius 2 is 2.22 bits per heavy atom. The summed E-state index contributed by atoms with van der Waals surface area (Å²) in [5.41, 5.74) is 1.16. The van der Waals surface area contributed by atoms with Crippen LogP contribution >= 0.6 is 0 Å². The summed E-state index contributed by atoms with van der Waals surface area (Å²) in [4.78, 5) is 15.8. The number of carboxylic acids is 1. The summed E-state index contributed by atoms with van der Waals surface area (Å²) in [6.07, 6.45) is 0.436. The lowest BCUT2D eigenvalue weighted by Crippen LogP contribution is -2.54. The molecule has 0 unspecified atom stereocenters. The van der Waals surface area contributed by atoms with Gasteiger partial charge in [-0.15, -0.1) is 0 Å². The highest BCUT2D eigenvalue weighted by Crippen LogP contribution is 2.41. The number of aliphatic carboxylic acids is 1. The number of alkyl halides is 3. The Balaban J connectivity index is 0.000000321. The predicted molar refractivity (Wildman–Crippen MR) is 91.1 cm³/mol. The van der Waals surface area contributed by atoms with E-state index in [-0.39, 0.29) is 5.60 Å². The van der Waals surface area contributed by atoms with Gasteiger partial charge in [0.1, 0.15) is 0 Å². The van der Waals surface area contributed by atoms with Crippen LogP contribution in [0.2, 0.25) is 0 Å². The normalized spacial score (nSPS) is 25.9. The third-order valence-corrected chi connectivity index (χ3v) is 4.91. The average molecular weight is 390 g/mol. The summed E-state index contributed by atoms with van der Waals surface area (Å²) in [6, 6.07) is 6.13. The number of rotatable bonds is 4. The van der Waals surface area contributed by atoms with Gasteiger partial charge in [-0.05, 0) is 25.0 Å². The predicted octanol–water partition coefficient (Wildman–Crippen LogP) is 2.73. The summed E-state index contributed by atoms with van der Waals surface area (Å²) in [7, 11) is 1.79. The molecule has 0 radical (unpaired) electrons. The van der Waals surface area contributed by atoms with E-state index in [0.29, 0.717) is 5.92 Å². The summed E-state index contributed by atoms with van der Waals surface area (Å²) in [6.45, 7) is 4.58. The number of methoxy groups -OCH3 is 1. The molecule has 1 aromatic heterocycles. The van der Waals surface area contributed by atoms with Gasteiger partial charge >= 0.3 is 12.1 Å². The number of carbonyl (C=O) groups is 1. The first-order chi connectivity index (χ1) is 12.8. The van der Waals surface area contributed by atoms with E-state index in [9.17, 15) is 13.2 Å². The van der Waals surface area contributed by atoms with E-state index in [0.717, 1.165) is 38.5 Å². The van der Waals surface area contributed by atoms with Crippen LogP contribution in [0.5, 0.6) is 0 Å². The standard InChI is InChI=1S/C16H24N2O2.C2HF3O2/c1-19-12-14-5-4-7-16(14)13-18(9-10-20-16)11-15-6-2-3-8-17-15;3-2(4,5)1(6)7/h2-3,6,8,14H,4-5,7,9-13H2,1H3;(H,6,7)/t14-,16+;/m0./s1. The molecule has 0 aromatic carbocycles. The van der Waals surface area contributed by atoms with Gasteiger partial charge in [-0.1, -0.05) is 12.5 Å². The first-order valence-corrected chi connectivity index (χ1v) is 8.82. The van der Waals surface area contributed by atoms with Crippen molar-refractivity contribution >= 4 is 5.97 Å². The third kappa shape index (κ3) is 6.15. The quantitative estimate of drug-likeness (QED) is 0.853. The fourth-order valence-electron chi connectivity index (χ4n) is 3.69. The third-order valence-electron chi connectivity index (χ3n) is 4.91. The molecule has 27 heavy (non-hydrogen) atoms. The Hall–Kier alpha value is -1.71. The molecule has 152 valence electrons. The molecule has 1 aromatic rings. The SMILES string of the molecule is COC[C@@H]1CCC[C@@]12CN(Cc1ccccn1)CCO2.O=C(O)C(F)(F)F. The molecular weight excluding hydrogens is 365 g/mol. The first-order valence-electron chi connectivity index (χ1n) is 8.82. The highest BCUT2D eigenvalue weighted by molar-refractivity contribution is 5.73. The van der Waals surface area contributed by atoms with Gasteiger partial charge in [0, 0.05) is 38.9 Å². The zero-order valence-corrected chi connectivity index (χ0v) is 15.2. The van der Waals surface area contributed by atoms with Gasteiger partial charge in [-0.2, -0.15) is 13.2 Å². The number of ether oxygens (including phenoxy) is 2. The molecule has 2 fully saturated rings. The zero-order chi connectivity index (χ0) is 19.9. The average Bonchev–Trinajstić information content (AvgIpc) is 2.98. The van der Waals surface area contributed by atoms with E-state index in [1.807, 2.05) is 12.3 Å². The molecule has 2 heterocycles. The summed E-state index contributed by atoms with van der Waals surface area (Å²) in [5, 5.41) is 7.12. The number of carboxylic acid groups (broad SMARTS) is 1. The molecule has 9 heteroatoms. The molecule has 1 N–H and O–H groups in total. The molecule has 0 amide bonds. The number of hydrogen-bond acceptors (Lipinski definition) is 5. The van der Waals surface area contributed by atoms with Crippen molar-refractivity contribution < 1.29 is 32.5 Å². The number of nitrogens with zero attached hydrogens (tertiary/aromatic N) is 2. The minimum atomic E-state index is -5.08. The Labute approximate surface area is 156 Å². The maximum Gasteiger partial charge on any atom is 0.490 e. The van der Waals surface area contributed by atoms with Crippen LogP contribution < -0.4 is 0 Å². The molecule has 1 saturated carbocycles. The number of aromatic nitrogens is 1. The van der Waals surface area contributed by atoms with Gasteiger partial charge in [0.2, 0.25) is 0 Å². The lowest BCUT2D eigenvalue weighted by atomic mass is 9.89. The molecule has 0 bridgehead atoms. The van der Waals surface area contributed by atoms with Crippen molar-refractivity contribution in [3.05, 3.63) is 30.1 Å². The molecule has 1 aliphatic heterocycles. The minimum absolute atomic E-state index is 0.0169. The topological polar surface area (TPSA) is 71.9 Å². The Morgan fingerprint density at radius 3 is 2.81 bits per heavy atom. The van der Waals surface area contributed by atoms with Gasteiger partial charge < -0.3 is 14.6 Å². The van der Waals surface area contributed by atoms with Crippen LogP contribution in [-0.2, 0) is 20.8 Å². The minimum Gasteiger partial charge on any atom is -0.475 e. The van der Waals surface area contributed by atoms with Crippen molar-refractivity contribution in [1.82, 2.24) is 9.88 Å². The molecule has 1 saturated heterocycles. The molecule has 1 aliphatic carbocycles. The van der Waals surface area contributed by atoms with E-state index in [2.05, 4.69) is 22.0 Å². The fourth-order valence-corrected chi connectivity index (χ4v) is 3.69. The van der Waals surface area contributed by atoms with Crippen molar-refractivity contribution in [2.75, 3.05) is 33.4 Å². The van der Waals surface area contributed by atoms with Gasteiger partial charge in [0.05, 0.1) is 24.5 Å². The van der Waals surface area contributed by atoms with Crippen molar-refractivity contribution in [1.29, 1.82) is 0 Å². The van der Waals surface area contributed by atoms with Crippen LogP contribution in [0.1, 0.15) is 25.0 Å². The zero-order valence-electron chi connectivity index (χ0n) is 15.2. The monoisotopic (exact) mass is 390 g/mol. The first kappa shape index (κ1) is 21.6. The second-order valence-electron chi connectivity index (χ2n) is 6.79. The van der Waals surface area contributed by atoms with Crippen LogP contribution in [0.15, 0.2) is 24.4 Å². The van der Waals surface area contributed by atoms with Crippen molar-refractivity contribution in [2.24, 2.45) is 5.92 Å². The van der Waals surface area contributed by atoms with E-state index in [1.165, 1.54) is 19.3 Å². The summed E-state index contributed by atoms with van der Waals surface area (Å²) in [5.74, 6) is -2.22. The van der Waals surface area contributed by atoms with Gasteiger partial charge in [-0.25, -0.2) is 4.79 Å². The van der Waals surface area contributed by atoms with Crippen LogP contribution in [0.25, 0.3) is 0 Å². The number of pyridine rings is 1. The molecule has 2 atom stereocenters. The summed E-state index contributed by atoms with van der Waals surface area (Å²) < 4.78 is 43.3. The van der Waals surface area contributed by atoms with Crippen LogP contribution in [0, 0.1) is 5.92 Å². The maximum atomic E-state index is 10.6. The highest BCUT2D eigenvalue weighted by atomic mass is 19.4. The molecule has 1 spiro atoms. The molecule has 2 aliphatic rings. The fraction of sp³-hybridized carbons (Fsp3) is 0.667. The smallest absolute Gasteiger partial charge is 0.475 e. The number of halogens is 3. The van der Waals surface area contributed by atoms with Crippen molar-refractivity contribution in [2.45, 2.75) is 37.6 Å². The molecule has 6 nitrogen and oxygen atoms in total. The number of hydrogen-bond donors (Lipinski definition) is 1. The van der Waals surface area contributed by atoms with E-state index in [1.54, 1.807) is 7.11 Å². The van der Waals surface area contributed by atoms with Gasteiger partial charge in [0.15, 0.2) is 0 Å². The van der Waals surface area contributed by atoms with Crippen LogP contribution in [0.4, 0.5) is 13.2 Å². The van der Waals surface area contributed by atoms with Crippen molar-refractivity contribution in [3.8, 4) is 0 Å². The Morgan fingerprint density at radius 1 is 1.48 bits per heavy atom. The van der Waals surface area contributed by atoms with Gasteiger partial charge in [0.25, 0.3) is 0 Å². The molecule has 3 rings (SSSR count). The van der Waals surface area contributed by atoms with E-state index in [4.69, 9.17) is 19.4 Å². The Kier molecular flexibility index (Phi) is 7.58.